The highest BCUT2D eigenvalue weighted by Crippen LogP contribution is 1.95. The predicted octanol–water partition coefficient (Wildman–Crippen LogP) is 0.310. The van der Waals surface area contributed by atoms with E-state index in [9.17, 15) is 0 Å². The van der Waals surface area contributed by atoms with Crippen LogP contribution in [0.3, 0.4) is 0 Å². The average Bonchev–Trinajstić information content (AvgIpc) is 1.83. The van der Waals surface area contributed by atoms with E-state index in [4.69, 9.17) is 10.8 Å². The van der Waals surface area contributed by atoms with Crippen LogP contribution in [-0.2, 0) is 0 Å². The van der Waals surface area contributed by atoms with Gasteiger partial charge in [-0.15, -0.1) is 0 Å². The molecule has 0 rings (SSSR count). The SMILES string of the molecule is [CH2]CC(N)CCCO. The van der Waals surface area contributed by atoms with Gasteiger partial charge in [-0.25, -0.2) is 0 Å². The van der Waals surface area contributed by atoms with Crippen LogP contribution < -0.4 is 5.73 Å². The second kappa shape index (κ2) is 5.06. The summed E-state index contributed by atoms with van der Waals surface area (Å²) < 4.78 is 0. The molecule has 0 aromatic rings. The third kappa shape index (κ3) is 4.09. The maximum atomic E-state index is 8.33. The van der Waals surface area contributed by atoms with Crippen molar-refractivity contribution in [2.24, 2.45) is 5.73 Å². The van der Waals surface area contributed by atoms with Gasteiger partial charge in [-0.3, -0.25) is 0 Å². The minimum Gasteiger partial charge on any atom is -0.396 e. The van der Waals surface area contributed by atoms with Crippen molar-refractivity contribution in [3.8, 4) is 0 Å². The molecule has 1 radical (unpaired) electrons. The van der Waals surface area contributed by atoms with Crippen LogP contribution in [0.1, 0.15) is 19.3 Å². The fraction of sp³-hybridized carbons (Fsp3) is 0.833. The Bertz CT molecular complexity index is 47.8. The molecule has 0 spiro atoms. The highest BCUT2D eigenvalue weighted by molar-refractivity contribution is 4.60. The Hall–Kier alpha value is -0.0800. The van der Waals surface area contributed by atoms with Gasteiger partial charge in [0, 0.05) is 12.6 Å². The standard InChI is InChI=1S/C6H14NO/c1-2-6(7)4-3-5-8/h6,8H,1-5,7H2. The topological polar surface area (TPSA) is 46.2 Å². The molecule has 0 fully saturated rings. The molecule has 0 aromatic carbocycles. The minimum absolute atomic E-state index is 0.183. The molecule has 2 nitrogen and oxygen atoms in total. The van der Waals surface area contributed by atoms with E-state index >= 15 is 0 Å². The normalized spacial score (nSPS) is 13.9. The zero-order valence-electron chi connectivity index (χ0n) is 5.14. The highest BCUT2D eigenvalue weighted by atomic mass is 16.2. The van der Waals surface area contributed by atoms with Crippen molar-refractivity contribution in [2.45, 2.75) is 25.3 Å². The van der Waals surface area contributed by atoms with Crippen LogP contribution in [0.2, 0.25) is 0 Å². The smallest absolute Gasteiger partial charge is 0.0431 e. The lowest BCUT2D eigenvalue weighted by molar-refractivity contribution is 0.279. The van der Waals surface area contributed by atoms with E-state index in [-0.39, 0.29) is 12.6 Å². The van der Waals surface area contributed by atoms with Crippen molar-refractivity contribution in [3.05, 3.63) is 6.92 Å². The van der Waals surface area contributed by atoms with E-state index in [1.54, 1.807) is 0 Å². The van der Waals surface area contributed by atoms with Gasteiger partial charge >= 0.3 is 0 Å². The van der Waals surface area contributed by atoms with Crippen molar-refractivity contribution < 1.29 is 5.11 Å². The third-order valence-corrected chi connectivity index (χ3v) is 1.10. The van der Waals surface area contributed by atoms with Gasteiger partial charge in [0.05, 0.1) is 0 Å². The molecule has 0 aliphatic carbocycles. The van der Waals surface area contributed by atoms with Crippen LogP contribution in [0.15, 0.2) is 0 Å². The van der Waals surface area contributed by atoms with E-state index in [0.29, 0.717) is 0 Å². The fourth-order valence-corrected chi connectivity index (χ4v) is 0.498. The monoisotopic (exact) mass is 116 g/mol. The van der Waals surface area contributed by atoms with Gasteiger partial charge in [0.1, 0.15) is 0 Å². The Kier molecular flexibility index (Phi) is 5.01. The quantitative estimate of drug-likeness (QED) is 0.555. The Balaban J connectivity index is 2.86. The summed E-state index contributed by atoms with van der Waals surface area (Å²) in [5, 5.41) is 8.33. The molecule has 0 aromatic heterocycles. The molecular formula is C6H14NO. The lowest BCUT2D eigenvalue weighted by Gasteiger charge is -2.04. The van der Waals surface area contributed by atoms with Crippen LogP contribution >= 0.6 is 0 Å². The molecule has 0 aliphatic rings. The van der Waals surface area contributed by atoms with Gasteiger partial charge in [0.15, 0.2) is 0 Å². The molecule has 8 heavy (non-hydrogen) atoms. The van der Waals surface area contributed by atoms with Crippen LogP contribution in [-0.4, -0.2) is 17.8 Å². The second-order valence-corrected chi connectivity index (χ2v) is 1.91. The third-order valence-electron chi connectivity index (χ3n) is 1.10. The van der Waals surface area contributed by atoms with Crippen LogP contribution in [0.5, 0.6) is 0 Å². The summed E-state index contributed by atoms with van der Waals surface area (Å²) in [4.78, 5) is 0. The van der Waals surface area contributed by atoms with E-state index in [2.05, 4.69) is 6.92 Å². The minimum atomic E-state index is 0.183. The van der Waals surface area contributed by atoms with Crippen LogP contribution in [0.4, 0.5) is 0 Å². The van der Waals surface area contributed by atoms with Crippen LogP contribution in [0.25, 0.3) is 0 Å². The molecule has 0 saturated heterocycles. The zero-order chi connectivity index (χ0) is 6.41. The van der Waals surface area contributed by atoms with Crippen molar-refractivity contribution in [2.75, 3.05) is 6.61 Å². The van der Waals surface area contributed by atoms with Crippen molar-refractivity contribution in [3.63, 3.8) is 0 Å². The summed E-state index contributed by atoms with van der Waals surface area (Å²) in [6, 6.07) is 0.183. The fourth-order valence-electron chi connectivity index (χ4n) is 0.498. The number of hydrogen-bond acceptors (Lipinski definition) is 2. The highest BCUT2D eigenvalue weighted by Gasteiger charge is 1.95. The number of hydrogen-bond donors (Lipinski definition) is 2. The zero-order valence-corrected chi connectivity index (χ0v) is 5.14. The van der Waals surface area contributed by atoms with Crippen molar-refractivity contribution in [1.29, 1.82) is 0 Å². The molecule has 1 unspecified atom stereocenters. The summed E-state index contributed by atoms with van der Waals surface area (Å²) in [6.07, 6.45) is 2.46. The van der Waals surface area contributed by atoms with E-state index in [1.807, 2.05) is 0 Å². The molecular weight excluding hydrogens is 102 g/mol. The largest absolute Gasteiger partial charge is 0.396 e. The maximum absolute atomic E-state index is 8.33. The maximum Gasteiger partial charge on any atom is 0.0431 e. The first kappa shape index (κ1) is 7.92. The van der Waals surface area contributed by atoms with Crippen molar-refractivity contribution >= 4 is 0 Å². The Morgan fingerprint density at radius 2 is 2.25 bits per heavy atom. The van der Waals surface area contributed by atoms with Gasteiger partial charge in [-0.2, -0.15) is 0 Å². The first-order chi connectivity index (χ1) is 3.81. The molecule has 0 bridgehead atoms. The Morgan fingerprint density at radius 3 is 2.62 bits per heavy atom. The van der Waals surface area contributed by atoms with E-state index in [0.717, 1.165) is 19.3 Å². The van der Waals surface area contributed by atoms with E-state index in [1.165, 1.54) is 0 Å². The van der Waals surface area contributed by atoms with Gasteiger partial charge < -0.3 is 10.8 Å². The number of nitrogens with two attached hydrogens (primary N) is 1. The molecule has 1 atom stereocenters. The predicted molar refractivity (Wildman–Crippen MR) is 34.3 cm³/mol. The van der Waals surface area contributed by atoms with Gasteiger partial charge in [0.2, 0.25) is 0 Å². The van der Waals surface area contributed by atoms with Gasteiger partial charge in [-0.05, 0) is 19.3 Å². The summed E-state index contributed by atoms with van der Waals surface area (Å²) in [7, 11) is 0. The number of aliphatic hydroxyl groups excluding tert-OH is 1. The average molecular weight is 116 g/mol. The number of rotatable bonds is 4. The molecule has 3 N–H and O–H groups in total. The van der Waals surface area contributed by atoms with Crippen molar-refractivity contribution in [1.82, 2.24) is 0 Å². The summed E-state index contributed by atoms with van der Waals surface area (Å²) >= 11 is 0. The van der Waals surface area contributed by atoms with Crippen LogP contribution in [0, 0.1) is 6.92 Å². The van der Waals surface area contributed by atoms with E-state index < -0.39 is 0 Å². The van der Waals surface area contributed by atoms with Gasteiger partial charge in [-0.1, -0.05) is 6.92 Å². The Labute approximate surface area is 50.7 Å². The van der Waals surface area contributed by atoms with Gasteiger partial charge in [0.25, 0.3) is 0 Å². The summed E-state index contributed by atoms with van der Waals surface area (Å²) in [6.45, 7) is 3.88. The molecule has 0 heterocycles. The molecule has 0 saturated carbocycles. The molecule has 49 valence electrons. The number of aliphatic hydroxyl groups is 1. The first-order valence-electron chi connectivity index (χ1n) is 2.97. The lowest BCUT2D eigenvalue weighted by atomic mass is 10.1. The molecule has 0 amide bonds. The lowest BCUT2D eigenvalue weighted by Crippen LogP contribution is -2.18. The first-order valence-corrected chi connectivity index (χ1v) is 2.97. The second-order valence-electron chi connectivity index (χ2n) is 1.91. The molecule has 2 heteroatoms. The molecule has 0 aliphatic heterocycles. The summed E-state index contributed by atoms with van der Waals surface area (Å²) in [5.41, 5.74) is 5.49. The summed E-state index contributed by atoms with van der Waals surface area (Å²) in [5.74, 6) is 0. The Morgan fingerprint density at radius 1 is 1.62 bits per heavy atom.